The molecule has 3 N–H and O–H groups in total. The van der Waals surface area contributed by atoms with E-state index in [-0.39, 0.29) is 34.9 Å². The third-order valence-electron chi connectivity index (χ3n) is 6.71. The van der Waals surface area contributed by atoms with Gasteiger partial charge in [0.1, 0.15) is 10.6 Å². The Balaban J connectivity index is 1.52. The Morgan fingerprint density at radius 2 is 1.68 bits per heavy atom. The van der Waals surface area contributed by atoms with Gasteiger partial charge in [-0.1, -0.05) is 0 Å². The van der Waals surface area contributed by atoms with Crippen LogP contribution in [0.15, 0.2) is 17.0 Å². The van der Waals surface area contributed by atoms with Gasteiger partial charge in [-0.25, -0.2) is 26.3 Å². The molecule has 10 nitrogen and oxygen atoms in total. The number of piperidine rings is 1. The van der Waals surface area contributed by atoms with Gasteiger partial charge in [-0.15, -0.1) is 0 Å². The Morgan fingerprint density at radius 3 is 2.29 bits per heavy atom. The first-order chi connectivity index (χ1) is 17.9. The monoisotopic (exact) mass is 555 g/mol. The van der Waals surface area contributed by atoms with Crippen molar-refractivity contribution in [3.05, 3.63) is 46.5 Å². The predicted molar refractivity (Wildman–Crippen MR) is 130 cm³/mol. The first kappa shape index (κ1) is 27.6. The van der Waals surface area contributed by atoms with Crippen LogP contribution in [-0.2, 0) is 32.6 Å². The van der Waals surface area contributed by atoms with E-state index in [4.69, 9.17) is 0 Å². The minimum atomic E-state index is -4.09. The molecule has 2 aliphatic rings. The summed E-state index contributed by atoms with van der Waals surface area (Å²) in [5.74, 6) is -6.75. The van der Waals surface area contributed by atoms with Gasteiger partial charge in [-0.2, -0.15) is 0 Å². The number of sulfonamides is 1. The molecule has 0 unspecified atom stereocenters. The first-order valence-corrected chi connectivity index (χ1v) is 13.7. The number of carbonyl (C=O) groups is 3. The van der Waals surface area contributed by atoms with Crippen LogP contribution in [0.1, 0.15) is 47.9 Å². The molecule has 3 amide bonds. The van der Waals surface area contributed by atoms with Gasteiger partial charge in [0.25, 0.3) is 5.91 Å². The smallest absolute Gasteiger partial charge is 0.311 e. The van der Waals surface area contributed by atoms with Crippen LogP contribution >= 0.6 is 0 Å². The molecule has 0 bridgehead atoms. The summed E-state index contributed by atoms with van der Waals surface area (Å²) in [4.78, 5) is 38.4. The van der Waals surface area contributed by atoms with Crippen molar-refractivity contribution in [2.45, 2.75) is 57.0 Å². The SMILES string of the molecule is CCNC(=O)C(=O)N1CCC(NS(=O)(=O)c2c(C)c(C(=O)Nc3cc(F)c(F)c(F)c3)n3c2CCC3)CC1. The number of nitrogens with one attached hydrogen (secondary N) is 3. The number of carbonyl (C=O) groups excluding carboxylic acids is 3. The quantitative estimate of drug-likeness (QED) is 0.370. The van der Waals surface area contributed by atoms with Crippen LogP contribution < -0.4 is 15.4 Å². The van der Waals surface area contributed by atoms with Gasteiger partial charge in [-0.05, 0) is 39.5 Å². The minimum absolute atomic E-state index is 0.0301. The highest BCUT2D eigenvalue weighted by Gasteiger charge is 2.36. The van der Waals surface area contributed by atoms with E-state index in [1.54, 1.807) is 11.5 Å². The van der Waals surface area contributed by atoms with Crippen molar-refractivity contribution in [1.82, 2.24) is 19.5 Å². The molecule has 1 aromatic carbocycles. The number of rotatable bonds is 6. The number of halogens is 3. The number of hydrogen-bond acceptors (Lipinski definition) is 5. The number of benzene rings is 1. The van der Waals surface area contributed by atoms with Crippen LogP contribution in [0.25, 0.3) is 0 Å². The molecule has 4 rings (SSSR count). The topological polar surface area (TPSA) is 130 Å². The third kappa shape index (κ3) is 5.27. The number of likely N-dealkylation sites (tertiary alicyclic amines) is 1. The highest BCUT2D eigenvalue weighted by atomic mass is 32.2. The second kappa shape index (κ2) is 10.8. The Kier molecular flexibility index (Phi) is 7.83. The van der Waals surface area contributed by atoms with E-state index in [2.05, 4.69) is 15.4 Å². The van der Waals surface area contributed by atoms with Gasteiger partial charge < -0.3 is 20.1 Å². The normalized spacial score (nSPS) is 15.9. The summed E-state index contributed by atoms with van der Waals surface area (Å²) in [6.45, 7) is 4.28. The van der Waals surface area contributed by atoms with Gasteiger partial charge in [-0.3, -0.25) is 14.4 Å². The fourth-order valence-corrected chi connectivity index (χ4v) is 6.82. The molecule has 14 heteroatoms. The first-order valence-electron chi connectivity index (χ1n) is 12.2. The summed E-state index contributed by atoms with van der Waals surface area (Å²) in [5, 5.41) is 4.77. The van der Waals surface area contributed by atoms with E-state index in [1.165, 1.54) is 11.8 Å². The zero-order valence-electron chi connectivity index (χ0n) is 20.9. The Labute approximate surface area is 217 Å². The van der Waals surface area contributed by atoms with Gasteiger partial charge in [0.2, 0.25) is 10.0 Å². The van der Waals surface area contributed by atoms with Crippen molar-refractivity contribution >= 4 is 33.4 Å². The number of anilines is 1. The molecule has 0 spiro atoms. The maximum Gasteiger partial charge on any atom is 0.311 e. The highest BCUT2D eigenvalue weighted by molar-refractivity contribution is 7.89. The summed E-state index contributed by atoms with van der Waals surface area (Å²) in [6.07, 6.45) is 1.60. The van der Waals surface area contributed by atoms with Crippen molar-refractivity contribution in [3.63, 3.8) is 0 Å². The second-order valence-corrected chi connectivity index (χ2v) is 10.9. The molecular weight excluding hydrogens is 527 g/mol. The van der Waals surface area contributed by atoms with Crippen molar-refractivity contribution < 1.29 is 36.0 Å². The molecule has 0 aliphatic carbocycles. The van der Waals surface area contributed by atoms with E-state index in [0.29, 0.717) is 56.6 Å². The molecule has 2 aromatic rings. The lowest BCUT2D eigenvalue weighted by Gasteiger charge is -2.31. The zero-order valence-corrected chi connectivity index (χ0v) is 21.7. The molecule has 1 aromatic heterocycles. The van der Waals surface area contributed by atoms with Crippen molar-refractivity contribution in [1.29, 1.82) is 0 Å². The molecular formula is C24H28F3N5O5S. The number of nitrogens with zero attached hydrogens (tertiary/aromatic N) is 2. The fourth-order valence-electron chi connectivity index (χ4n) is 5.01. The van der Waals surface area contributed by atoms with Gasteiger partial charge in [0.15, 0.2) is 17.5 Å². The van der Waals surface area contributed by atoms with E-state index in [9.17, 15) is 36.0 Å². The number of likely N-dealkylation sites (N-methyl/N-ethyl adjacent to an activating group) is 1. The van der Waals surface area contributed by atoms with Crippen molar-refractivity contribution in [2.75, 3.05) is 25.0 Å². The summed E-state index contributed by atoms with van der Waals surface area (Å²) in [7, 11) is -4.09. The second-order valence-electron chi connectivity index (χ2n) is 9.26. The number of aromatic nitrogens is 1. The molecule has 0 saturated carbocycles. The molecule has 0 radical (unpaired) electrons. The van der Waals surface area contributed by atoms with Crippen LogP contribution in [-0.4, -0.2) is 61.3 Å². The summed E-state index contributed by atoms with van der Waals surface area (Å²) in [5.41, 5.74) is 0.346. The lowest BCUT2D eigenvalue weighted by Crippen LogP contribution is -2.50. The standard InChI is InChI=1S/C24H28F3N5O5S/c1-3-28-23(34)24(35)31-9-6-14(7-10-31)30-38(36,37)21-13(2)20(32-8-4-5-18(21)32)22(33)29-15-11-16(25)19(27)17(26)12-15/h11-12,14,30H,3-10H2,1-2H3,(H,28,34)(H,29,33). The Bertz CT molecular complexity index is 1380. The van der Waals surface area contributed by atoms with E-state index < -0.39 is 51.2 Å². The molecule has 1 saturated heterocycles. The average molecular weight is 556 g/mol. The lowest BCUT2D eigenvalue weighted by molar-refractivity contribution is -0.146. The van der Waals surface area contributed by atoms with Gasteiger partial charge in [0, 0.05) is 61.3 Å². The molecule has 38 heavy (non-hydrogen) atoms. The third-order valence-corrected chi connectivity index (χ3v) is 8.43. The predicted octanol–water partition coefficient (Wildman–Crippen LogP) is 1.82. The summed E-state index contributed by atoms with van der Waals surface area (Å²) in [6, 6.07) is 0.792. The van der Waals surface area contributed by atoms with Crippen LogP contribution in [0.4, 0.5) is 18.9 Å². The number of amides is 3. The van der Waals surface area contributed by atoms with Gasteiger partial charge in [0.05, 0.1) is 0 Å². The van der Waals surface area contributed by atoms with Gasteiger partial charge >= 0.3 is 11.8 Å². The van der Waals surface area contributed by atoms with E-state index >= 15 is 0 Å². The number of hydrogen-bond donors (Lipinski definition) is 3. The number of fused-ring (bicyclic) bond motifs is 1. The van der Waals surface area contributed by atoms with Crippen molar-refractivity contribution in [2.24, 2.45) is 0 Å². The summed E-state index contributed by atoms with van der Waals surface area (Å²) >= 11 is 0. The van der Waals surface area contributed by atoms with E-state index in [0.717, 1.165) is 0 Å². The lowest BCUT2D eigenvalue weighted by atomic mass is 10.1. The fraction of sp³-hybridized carbons (Fsp3) is 0.458. The molecule has 1 fully saturated rings. The zero-order chi connectivity index (χ0) is 27.8. The van der Waals surface area contributed by atoms with Crippen LogP contribution in [0.3, 0.4) is 0 Å². The minimum Gasteiger partial charge on any atom is -0.348 e. The molecule has 3 heterocycles. The summed E-state index contributed by atoms with van der Waals surface area (Å²) < 4.78 is 71.7. The average Bonchev–Trinajstić information content (AvgIpc) is 3.41. The van der Waals surface area contributed by atoms with E-state index in [1.807, 2.05) is 0 Å². The molecule has 0 atom stereocenters. The van der Waals surface area contributed by atoms with Crippen LogP contribution in [0.2, 0.25) is 0 Å². The maximum atomic E-state index is 13.6. The molecule has 206 valence electrons. The van der Waals surface area contributed by atoms with Crippen LogP contribution in [0, 0.1) is 24.4 Å². The Hall–Kier alpha value is -3.39. The highest BCUT2D eigenvalue weighted by Crippen LogP contribution is 2.33. The van der Waals surface area contributed by atoms with Crippen LogP contribution in [0.5, 0.6) is 0 Å². The van der Waals surface area contributed by atoms with Crippen molar-refractivity contribution in [3.8, 4) is 0 Å². The largest absolute Gasteiger partial charge is 0.348 e. The maximum absolute atomic E-state index is 13.6. The Morgan fingerprint density at radius 1 is 1.05 bits per heavy atom. The molecule has 2 aliphatic heterocycles.